The van der Waals surface area contributed by atoms with Gasteiger partial charge in [0.15, 0.2) is 0 Å². The van der Waals surface area contributed by atoms with Crippen LogP contribution in [0.2, 0.25) is 0 Å². The van der Waals surface area contributed by atoms with E-state index in [2.05, 4.69) is 0 Å². The van der Waals surface area contributed by atoms with E-state index in [4.69, 9.17) is 26.6 Å². The van der Waals surface area contributed by atoms with E-state index < -0.39 is 69.8 Å². The molecule has 6 N–H and O–H groups in total. The maximum absolute atomic E-state index is 10.8. The molecule has 0 amide bonds. The Morgan fingerprint density at radius 2 is 0.964 bits per heavy atom. The second-order valence-electron chi connectivity index (χ2n) is 4.95. The van der Waals surface area contributed by atoms with Crippen molar-refractivity contribution in [1.29, 1.82) is 0 Å². The van der Waals surface area contributed by atoms with E-state index in [1.54, 1.807) is 0 Å². The monoisotopic (exact) mass is 526 g/mol. The molecule has 16 heteroatoms. The number of phenolic OH excluding ortho intramolecular Hbond substituents is 2. The van der Waals surface area contributed by atoms with Gasteiger partial charge in [0.25, 0.3) is 0 Å². The Hall–Kier alpha value is -2.60. The molecule has 0 unspecified atom stereocenters. The molecule has 0 saturated heterocycles. The molecule has 2 aromatic rings. The summed E-state index contributed by atoms with van der Waals surface area (Å²) in [4.78, 5) is 18.8. The fourth-order valence-corrected chi connectivity index (χ4v) is 4.02. The minimum absolute atomic E-state index is 0.437. The molecule has 0 aliphatic rings. The fraction of sp³-hybridized carbons (Fsp3) is 0. The van der Waals surface area contributed by atoms with E-state index in [0.717, 1.165) is 24.3 Å². The summed E-state index contributed by atoms with van der Waals surface area (Å²) in [6, 6.07) is 5.04. The topological polar surface area (TPSA) is 242 Å². The number of nitrogens with zero attached hydrogens (tertiary/aromatic N) is 2. The summed E-state index contributed by atoms with van der Waals surface area (Å²) in [5, 5.41) is 38.6. The van der Waals surface area contributed by atoms with E-state index >= 15 is 0 Å². The van der Waals surface area contributed by atoms with Crippen molar-refractivity contribution in [3.05, 3.63) is 56.6 Å². The molecule has 2 rings (SSSR count). The zero-order valence-electron chi connectivity index (χ0n) is 13.4. The van der Waals surface area contributed by atoms with Crippen molar-refractivity contribution in [3.8, 4) is 11.5 Å². The van der Waals surface area contributed by atoms with Gasteiger partial charge in [0.05, 0.1) is 0 Å². The fourth-order valence-electron chi connectivity index (χ4n) is 1.68. The number of rotatable bonds is 4. The Labute approximate surface area is 160 Å². The Morgan fingerprint density at radius 3 is 1.18 bits per heavy atom. The normalized spacial score (nSPS) is 11.3. The number of hydrogen-bond acceptors (Lipinski definition) is 8. The van der Waals surface area contributed by atoms with Crippen LogP contribution in [0.3, 0.4) is 0 Å². The van der Waals surface area contributed by atoms with Gasteiger partial charge in [0.1, 0.15) is 0 Å². The first-order chi connectivity index (χ1) is 12.6. The van der Waals surface area contributed by atoms with Crippen LogP contribution in [0.5, 0.6) is 11.5 Å². The second kappa shape index (κ2) is 8.60. The van der Waals surface area contributed by atoms with Crippen LogP contribution in [-0.4, -0.2) is 64.8 Å². The van der Waals surface area contributed by atoms with Crippen LogP contribution in [0, 0.1) is 20.2 Å². The van der Waals surface area contributed by atoms with Gasteiger partial charge in [-0.15, -0.1) is 0 Å². The van der Waals surface area contributed by atoms with Crippen LogP contribution in [0.25, 0.3) is 0 Å². The zero-order valence-corrected chi connectivity index (χ0v) is 17.1. The summed E-state index contributed by atoms with van der Waals surface area (Å²) >= 11 is -10.3. The van der Waals surface area contributed by atoms with E-state index in [9.17, 15) is 27.7 Å². The summed E-state index contributed by atoms with van der Waals surface area (Å²) in [7, 11) is 0. The molecule has 0 bridgehead atoms. The SMILES string of the molecule is O=[N+]([O-])c1cc([As](=O)(O)O)ccc1O.O=[N+]([O-])c1cc([As](=O)(O)O)ccc1O. The predicted molar refractivity (Wildman–Crippen MR) is 90.5 cm³/mol. The second-order valence-corrected chi connectivity index (χ2v) is 11.7. The molecule has 2 aromatic carbocycles. The van der Waals surface area contributed by atoms with Crippen molar-refractivity contribution in [2.75, 3.05) is 0 Å². The van der Waals surface area contributed by atoms with Gasteiger partial charge in [-0.2, -0.15) is 0 Å². The minimum atomic E-state index is -5.13. The molecule has 28 heavy (non-hydrogen) atoms. The van der Waals surface area contributed by atoms with Gasteiger partial charge in [-0.3, -0.25) is 0 Å². The Bertz CT molecular complexity index is 930. The standard InChI is InChI=1S/2C6H6AsNO6/c2*9-6-2-1-4(7(10,11)12)3-5(6)8(13)14/h2*1-3,9H,(H2,10,11,12). The molecule has 0 fully saturated rings. The number of phenols is 2. The molecule has 152 valence electrons. The van der Waals surface area contributed by atoms with Gasteiger partial charge >= 0.3 is 160 Å². The Balaban J connectivity index is 0.000000280. The van der Waals surface area contributed by atoms with Crippen LogP contribution in [0.1, 0.15) is 0 Å². The summed E-state index contributed by atoms with van der Waals surface area (Å²) in [5.41, 5.74) is -1.43. The van der Waals surface area contributed by atoms with Gasteiger partial charge in [-0.1, -0.05) is 0 Å². The van der Waals surface area contributed by atoms with Crippen molar-refractivity contribution < 1.29 is 43.9 Å². The predicted octanol–water partition coefficient (Wildman–Crippen LogP) is -2.28. The molecule has 0 radical (unpaired) electrons. The third-order valence-electron chi connectivity index (χ3n) is 2.98. The van der Waals surface area contributed by atoms with Crippen molar-refractivity contribution in [1.82, 2.24) is 0 Å². The van der Waals surface area contributed by atoms with Crippen LogP contribution < -0.4 is 8.70 Å². The summed E-state index contributed by atoms with van der Waals surface area (Å²) in [5.74, 6) is -1.24. The molecule has 0 spiro atoms. The van der Waals surface area contributed by atoms with Crippen molar-refractivity contribution in [3.63, 3.8) is 0 Å². The van der Waals surface area contributed by atoms with Crippen LogP contribution in [0.4, 0.5) is 11.4 Å². The summed E-state index contributed by atoms with van der Waals surface area (Å²) < 4.78 is 55.7. The van der Waals surface area contributed by atoms with Crippen LogP contribution >= 0.6 is 0 Å². The van der Waals surface area contributed by atoms with Gasteiger partial charge < -0.3 is 0 Å². The molecule has 0 atom stereocenters. The molecule has 0 saturated carbocycles. The van der Waals surface area contributed by atoms with E-state index in [-0.39, 0.29) is 0 Å². The zero-order chi connectivity index (χ0) is 21.9. The Morgan fingerprint density at radius 1 is 0.679 bits per heavy atom. The van der Waals surface area contributed by atoms with Gasteiger partial charge in [0, 0.05) is 0 Å². The molecular weight excluding hydrogens is 514 g/mol. The van der Waals surface area contributed by atoms with Crippen LogP contribution in [0.15, 0.2) is 36.4 Å². The van der Waals surface area contributed by atoms with Crippen molar-refractivity contribution in [2.45, 2.75) is 0 Å². The number of nitro benzene ring substituents is 2. The number of aromatic hydroxyl groups is 2. The van der Waals surface area contributed by atoms with E-state index in [1.165, 1.54) is 0 Å². The van der Waals surface area contributed by atoms with Gasteiger partial charge in [0.2, 0.25) is 0 Å². The van der Waals surface area contributed by atoms with E-state index in [1.807, 2.05) is 0 Å². The number of nitro groups is 2. The average molecular weight is 526 g/mol. The first kappa shape index (κ1) is 23.4. The number of hydrogen-bond donors (Lipinski definition) is 6. The molecule has 0 aliphatic carbocycles. The molecule has 0 aromatic heterocycles. The number of benzene rings is 2. The average Bonchev–Trinajstić information content (AvgIpc) is 2.53. The summed E-state index contributed by atoms with van der Waals surface area (Å²) in [6.07, 6.45) is 0. The first-order valence-electron chi connectivity index (χ1n) is 6.71. The van der Waals surface area contributed by atoms with Crippen molar-refractivity contribution in [2.24, 2.45) is 0 Å². The molecule has 0 aliphatic heterocycles. The molecule has 0 heterocycles. The Kier molecular flexibility index (Phi) is 7.20. The maximum atomic E-state index is 10.8. The van der Waals surface area contributed by atoms with Crippen molar-refractivity contribution >= 4 is 48.4 Å². The van der Waals surface area contributed by atoms with Gasteiger partial charge in [-0.05, 0) is 0 Å². The quantitative estimate of drug-likeness (QED) is 0.140. The molecular formula is C12H12As2N2O12. The third-order valence-corrected chi connectivity index (χ3v) is 6.97. The van der Waals surface area contributed by atoms with Crippen LogP contribution in [-0.2, 0) is 7.48 Å². The van der Waals surface area contributed by atoms with E-state index in [0.29, 0.717) is 12.1 Å². The summed E-state index contributed by atoms with van der Waals surface area (Å²) in [6.45, 7) is 0. The third kappa shape index (κ3) is 6.23. The first-order valence-corrected chi connectivity index (χ1v) is 13.5. The van der Waals surface area contributed by atoms with Gasteiger partial charge in [-0.25, -0.2) is 0 Å². The molecule has 14 nitrogen and oxygen atoms in total.